The van der Waals surface area contributed by atoms with Crippen LogP contribution in [-0.2, 0) is 10.2 Å². The van der Waals surface area contributed by atoms with E-state index in [0.717, 1.165) is 11.4 Å². The number of nitrogens with zero attached hydrogens (tertiary/aromatic N) is 2. The summed E-state index contributed by atoms with van der Waals surface area (Å²) in [6, 6.07) is -0.503. The highest BCUT2D eigenvalue weighted by atomic mass is 35.5. The third kappa shape index (κ3) is 5.04. The summed E-state index contributed by atoms with van der Waals surface area (Å²) >= 11 is 1.40. The molecule has 110 valence electrons. The smallest absolute Gasteiger partial charge is 0.243 e. The van der Waals surface area contributed by atoms with E-state index in [1.807, 2.05) is 13.8 Å². The van der Waals surface area contributed by atoms with Gasteiger partial charge in [0, 0.05) is 5.41 Å². The lowest BCUT2D eigenvalue weighted by Gasteiger charge is -2.16. The summed E-state index contributed by atoms with van der Waals surface area (Å²) in [5, 5.41) is 12.2. The van der Waals surface area contributed by atoms with Gasteiger partial charge >= 0.3 is 0 Å². The molecule has 0 spiro atoms. The largest absolute Gasteiger partial charge is 0.320 e. The van der Waals surface area contributed by atoms with Gasteiger partial charge in [0.25, 0.3) is 0 Å². The molecule has 0 aliphatic carbocycles. The fourth-order valence-electron chi connectivity index (χ4n) is 1.28. The maximum atomic E-state index is 11.9. The number of aromatic nitrogens is 2. The summed E-state index contributed by atoms with van der Waals surface area (Å²) in [4.78, 5) is 11.9. The van der Waals surface area contributed by atoms with Gasteiger partial charge in [-0.1, -0.05) is 52.4 Å². The van der Waals surface area contributed by atoms with Crippen molar-refractivity contribution in [1.82, 2.24) is 10.2 Å². The Morgan fingerprint density at radius 1 is 1.42 bits per heavy atom. The fourth-order valence-corrected chi connectivity index (χ4v) is 2.08. The van der Waals surface area contributed by atoms with Crippen LogP contribution >= 0.6 is 23.7 Å². The van der Waals surface area contributed by atoms with Gasteiger partial charge in [0.05, 0.1) is 6.04 Å². The van der Waals surface area contributed by atoms with E-state index in [9.17, 15) is 4.79 Å². The summed E-state index contributed by atoms with van der Waals surface area (Å²) in [6.45, 7) is 10.2. The van der Waals surface area contributed by atoms with Crippen molar-refractivity contribution in [2.45, 2.75) is 52.5 Å². The molecule has 5 nitrogen and oxygen atoms in total. The van der Waals surface area contributed by atoms with Crippen LogP contribution in [0.5, 0.6) is 0 Å². The molecule has 19 heavy (non-hydrogen) atoms. The van der Waals surface area contributed by atoms with Crippen molar-refractivity contribution in [3.8, 4) is 0 Å². The van der Waals surface area contributed by atoms with Gasteiger partial charge in [0.1, 0.15) is 5.01 Å². The van der Waals surface area contributed by atoms with E-state index < -0.39 is 6.04 Å². The monoisotopic (exact) mass is 306 g/mol. The van der Waals surface area contributed by atoms with Gasteiger partial charge in [0.2, 0.25) is 11.0 Å². The average molecular weight is 307 g/mol. The highest BCUT2D eigenvalue weighted by Crippen LogP contribution is 2.27. The second kappa shape index (κ2) is 7.17. The van der Waals surface area contributed by atoms with E-state index in [0.29, 0.717) is 5.13 Å². The average Bonchev–Trinajstić information content (AvgIpc) is 2.75. The van der Waals surface area contributed by atoms with Gasteiger partial charge in [-0.05, 0) is 5.92 Å². The number of anilines is 1. The first-order valence-corrected chi connectivity index (χ1v) is 6.97. The Balaban J connectivity index is 0.00000324. The number of carbonyl (C=O) groups excluding carboxylic acids is 1. The predicted octanol–water partition coefficient (Wildman–Crippen LogP) is 2.57. The zero-order valence-electron chi connectivity index (χ0n) is 12.1. The first-order chi connectivity index (χ1) is 8.25. The summed E-state index contributed by atoms with van der Waals surface area (Å²) in [5.74, 6) is -0.0408. The van der Waals surface area contributed by atoms with Crippen LogP contribution in [0.4, 0.5) is 5.13 Å². The summed E-state index contributed by atoms with van der Waals surface area (Å²) in [7, 11) is 0. The molecule has 0 saturated heterocycles. The molecule has 0 saturated carbocycles. The number of halogens is 1. The molecule has 3 N–H and O–H groups in total. The maximum Gasteiger partial charge on any atom is 0.243 e. The van der Waals surface area contributed by atoms with Gasteiger partial charge in [-0.2, -0.15) is 0 Å². The molecule has 7 heteroatoms. The molecule has 2 atom stereocenters. The Labute approximate surface area is 124 Å². The minimum Gasteiger partial charge on any atom is -0.320 e. The minimum atomic E-state index is -0.503. The van der Waals surface area contributed by atoms with E-state index in [1.165, 1.54) is 11.3 Å². The SMILES string of the molecule is CCC(C)C(N)C(=O)Nc1nnc(C(C)(C)C)s1.Cl. The van der Waals surface area contributed by atoms with Crippen LogP contribution in [0.1, 0.15) is 46.0 Å². The number of rotatable bonds is 4. The second-order valence-corrected chi connectivity index (χ2v) is 6.54. The van der Waals surface area contributed by atoms with Crippen molar-refractivity contribution in [1.29, 1.82) is 0 Å². The van der Waals surface area contributed by atoms with Crippen LogP contribution < -0.4 is 11.1 Å². The predicted molar refractivity (Wildman–Crippen MR) is 81.9 cm³/mol. The number of carbonyl (C=O) groups is 1. The number of hydrogen-bond acceptors (Lipinski definition) is 5. The third-order valence-corrected chi connectivity index (χ3v) is 4.12. The molecular formula is C12H23ClN4OS. The maximum absolute atomic E-state index is 11.9. The summed E-state index contributed by atoms with van der Waals surface area (Å²) in [5.41, 5.74) is 5.80. The topological polar surface area (TPSA) is 80.9 Å². The lowest BCUT2D eigenvalue weighted by atomic mass is 9.98. The molecule has 1 aromatic rings. The quantitative estimate of drug-likeness (QED) is 0.896. The van der Waals surface area contributed by atoms with Crippen molar-refractivity contribution in [3.63, 3.8) is 0 Å². The normalized spacial score (nSPS) is 14.4. The van der Waals surface area contributed by atoms with Crippen LogP contribution in [0.25, 0.3) is 0 Å². The Morgan fingerprint density at radius 2 is 2.00 bits per heavy atom. The zero-order valence-corrected chi connectivity index (χ0v) is 13.7. The van der Waals surface area contributed by atoms with Gasteiger partial charge < -0.3 is 5.73 Å². The van der Waals surface area contributed by atoms with Crippen molar-refractivity contribution in [2.75, 3.05) is 5.32 Å². The van der Waals surface area contributed by atoms with E-state index >= 15 is 0 Å². The first-order valence-electron chi connectivity index (χ1n) is 6.16. The van der Waals surface area contributed by atoms with E-state index in [4.69, 9.17) is 5.73 Å². The number of nitrogens with two attached hydrogens (primary N) is 1. The van der Waals surface area contributed by atoms with Crippen LogP contribution in [0, 0.1) is 5.92 Å². The molecular weight excluding hydrogens is 284 g/mol. The molecule has 0 aromatic carbocycles. The van der Waals surface area contributed by atoms with Crippen molar-refractivity contribution in [3.05, 3.63) is 5.01 Å². The lowest BCUT2D eigenvalue weighted by molar-refractivity contribution is -0.118. The van der Waals surface area contributed by atoms with Gasteiger partial charge in [-0.3, -0.25) is 10.1 Å². The highest BCUT2D eigenvalue weighted by molar-refractivity contribution is 7.15. The summed E-state index contributed by atoms with van der Waals surface area (Å²) in [6.07, 6.45) is 0.873. The minimum absolute atomic E-state index is 0. The molecule has 0 radical (unpaired) electrons. The Bertz CT molecular complexity index is 416. The van der Waals surface area contributed by atoms with Gasteiger partial charge in [0.15, 0.2) is 0 Å². The third-order valence-electron chi connectivity index (χ3n) is 2.86. The second-order valence-electron chi connectivity index (χ2n) is 5.56. The van der Waals surface area contributed by atoms with Crippen molar-refractivity contribution < 1.29 is 4.79 Å². The Morgan fingerprint density at radius 3 is 2.42 bits per heavy atom. The number of hydrogen-bond donors (Lipinski definition) is 2. The standard InChI is InChI=1S/C12H22N4OS.ClH/c1-6-7(2)8(13)9(17)14-11-16-15-10(18-11)12(3,4)5;/h7-8H,6,13H2,1-5H3,(H,14,16,17);1H. The molecule has 2 unspecified atom stereocenters. The lowest BCUT2D eigenvalue weighted by Crippen LogP contribution is -2.40. The molecule has 1 rings (SSSR count). The van der Waals surface area contributed by atoms with Crippen molar-refractivity contribution in [2.24, 2.45) is 11.7 Å². The molecule has 1 heterocycles. The first kappa shape index (κ1) is 18.3. The zero-order chi connectivity index (χ0) is 13.9. The molecule has 0 bridgehead atoms. The van der Waals surface area contributed by atoms with E-state index in [-0.39, 0.29) is 29.6 Å². The molecule has 0 aliphatic rings. The fraction of sp³-hybridized carbons (Fsp3) is 0.750. The molecule has 1 aromatic heterocycles. The Kier molecular flexibility index (Phi) is 6.89. The Hall–Kier alpha value is -0.720. The van der Waals surface area contributed by atoms with Crippen molar-refractivity contribution >= 4 is 34.8 Å². The highest BCUT2D eigenvalue weighted by Gasteiger charge is 2.23. The van der Waals surface area contributed by atoms with Gasteiger partial charge in [-0.25, -0.2) is 0 Å². The van der Waals surface area contributed by atoms with E-state index in [1.54, 1.807) is 0 Å². The molecule has 1 amide bonds. The summed E-state index contributed by atoms with van der Waals surface area (Å²) < 4.78 is 0. The number of nitrogens with one attached hydrogen (secondary N) is 1. The van der Waals surface area contributed by atoms with Crippen LogP contribution in [0.3, 0.4) is 0 Å². The van der Waals surface area contributed by atoms with Crippen LogP contribution in [-0.4, -0.2) is 22.1 Å². The van der Waals surface area contributed by atoms with E-state index in [2.05, 4.69) is 36.3 Å². The van der Waals surface area contributed by atoms with Gasteiger partial charge in [-0.15, -0.1) is 22.6 Å². The molecule has 0 aliphatic heterocycles. The van der Waals surface area contributed by atoms with Crippen LogP contribution in [0.2, 0.25) is 0 Å². The van der Waals surface area contributed by atoms with Crippen LogP contribution in [0.15, 0.2) is 0 Å². The number of amides is 1. The molecule has 0 fully saturated rings.